The van der Waals surface area contributed by atoms with E-state index in [4.69, 9.17) is 14.2 Å². The van der Waals surface area contributed by atoms with Crippen molar-refractivity contribution < 1.29 is 63.9 Å². The van der Waals surface area contributed by atoms with Crippen LogP contribution in [-0.4, -0.2) is 104 Å². The Morgan fingerprint density at radius 1 is 1.10 bits per heavy atom. The summed E-state index contributed by atoms with van der Waals surface area (Å²) in [4.78, 5) is 27.1. The summed E-state index contributed by atoms with van der Waals surface area (Å²) in [6.45, 7) is 0.431. The molecule has 0 spiro atoms. The number of phenolic OH excluding ortho intramolecular Hbond substituents is 2. The van der Waals surface area contributed by atoms with E-state index in [2.05, 4.69) is 0 Å². The lowest BCUT2D eigenvalue weighted by Crippen LogP contribution is -2.56. The zero-order chi connectivity index (χ0) is 29.3. The van der Waals surface area contributed by atoms with Crippen LogP contribution in [0.25, 0.3) is 0 Å². The molecule has 1 fully saturated rings. The summed E-state index contributed by atoms with van der Waals surface area (Å²) in [6, 6.07) is 4.25. The standard InChI is InChI=1S/C27H29FO12/c1-9-20(31)25(36)19(28)26(39-9)40-13-7-27(37,14(30)8-29)6-11-16(13)24(35)18-17(22(11)33)21(32)10-4-3-5-12(38-2)15(10)23(18)34/h3-5,9,13-14,19-20,25-26,29-31,33,35-37H,6-8H2,1-2H3. The number of carbonyl (C=O) groups is 2. The van der Waals surface area contributed by atoms with Gasteiger partial charge in [-0.25, -0.2) is 4.39 Å². The van der Waals surface area contributed by atoms with E-state index < -0.39 is 102 Å². The maximum atomic E-state index is 15.0. The van der Waals surface area contributed by atoms with Gasteiger partial charge in [0.1, 0.15) is 35.6 Å². The molecule has 0 aromatic heterocycles. The number of ether oxygens (including phenoxy) is 3. The first-order chi connectivity index (χ1) is 18.9. The summed E-state index contributed by atoms with van der Waals surface area (Å²) in [7, 11) is 1.29. The molecule has 2 aliphatic carbocycles. The number of aromatic hydroxyl groups is 2. The van der Waals surface area contributed by atoms with E-state index in [0.717, 1.165) is 0 Å². The van der Waals surface area contributed by atoms with Crippen LogP contribution in [-0.2, 0) is 15.9 Å². The largest absolute Gasteiger partial charge is 0.507 e. The minimum atomic E-state index is -2.29. The van der Waals surface area contributed by atoms with Crippen LogP contribution in [0.5, 0.6) is 17.2 Å². The van der Waals surface area contributed by atoms with Gasteiger partial charge in [-0.1, -0.05) is 12.1 Å². The lowest BCUT2D eigenvalue weighted by atomic mass is 9.71. The van der Waals surface area contributed by atoms with Crippen molar-refractivity contribution in [3.8, 4) is 17.2 Å². The second kappa shape index (κ2) is 10.0. The molecule has 0 saturated carbocycles. The van der Waals surface area contributed by atoms with E-state index in [-0.39, 0.29) is 28.0 Å². The Hall–Kier alpha value is -3.17. The van der Waals surface area contributed by atoms with E-state index in [1.165, 1.54) is 32.2 Å². The summed E-state index contributed by atoms with van der Waals surface area (Å²) >= 11 is 0. The van der Waals surface area contributed by atoms with Gasteiger partial charge in [0, 0.05) is 29.5 Å². The van der Waals surface area contributed by atoms with Crippen molar-refractivity contribution in [3.63, 3.8) is 0 Å². The Balaban J connectivity index is 1.69. The molecule has 0 radical (unpaired) electrons. The molecule has 8 unspecified atom stereocenters. The van der Waals surface area contributed by atoms with E-state index in [1.54, 1.807) is 0 Å². The number of ketones is 2. The van der Waals surface area contributed by atoms with Gasteiger partial charge in [-0.2, -0.15) is 0 Å². The maximum Gasteiger partial charge on any atom is 0.202 e. The third-order valence-corrected chi connectivity index (χ3v) is 7.96. The Bertz CT molecular complexity index is 1380. The monoisotopic (exact) mass is 564 g/mol. The smallest absolute Gasteiger partial charge is 0.202 e. The first-order valence-electron chi connectivity index (χ1n) is 12.6. The van der Waals surface area contributed by atoms with Crippen LogP contribution in [0.2, 0.25) is 0 Å². The average Bonchev–Trinajstić information content (AvgIpc) is 2.94. The van der Waals surface area contributed by atoms with Gasteiger partial charge in [-0.05, 0) is 13.0 Å². The van der Waals surface area contributed by atoms with Crippen LogP contribution in [0.15, 0.2) is 18.2 Å². The first kappa shape index (κ1) is 28.4. The predicted molar refractivity (Wildman–Crippen MR) is 131 cm³/mol. The predicted octanol–water partition coefficient (Wildman–Crippen LogP) is -0.225. The number of methoxy groups -OCH3 is 1. The Kier molecular flexibility index (Phi) is 7.11. The van der Waals surface area contributed by atoms with E-state index in [1.807, 2.05) is 0 Å². The normalized spacial score (nSPS) is 32.2. The van der Waals surface area contributed by atoms with Crippen LogP contribution < -0.4 is 4.74 Å². The zero-order valence-corrected chi connectivity index (χ0v) is 21.4. The summed E-state index contributed by atoms with van der Waals surface area (Å²) < 4.78 is 31.3. The second-order valence-corrected chi connectivity index (χ2v) is 10.3. The molecule has 2 aromatic carbocycles. The first-order valence-corrected chi connectivity index (χ1v) is 12.6. The topological polar surface area (TPSA) is 203 Å². The molecule has 12 nitrogen and oxygen atoms in total. The van der Waals surface area contributed by atoms with Crippen molar-refractivity contribution in [3.05, 3.63) is 51.6 Å². The van der Waals surface area contributed by atoms with Gasteiger partial charge in [0.05, 0.1) is 48.2 Å². The Labute approximate surface area is 226 Å². The highest BCUT2D eigenvalue weighted by molar-refractivity contribution is 6.31. The van der Waals surface area contributed by atoms with Gasteiger partial charge in [-0.3, -0.25) is 9.59 Å². The SMILES string of the molecule is COc1cccc2c1C(=O)c1c(O)c3c(c(O)c1C2=O)CC(O)(C(O)CO)CC3OC1OC(C)C(O)C(O)C1F. The number of halogens is 1. The van der Waals surface area contributed by atoms with Gasteiger partial charge in [-0.15, -0.1) is 0 Å². The van der Waals surface area contributed by atoms with Crippen molar-refractivity contribution in [2.75, 3.05) is 13.7 Å². The van der Waals surface area contributed by atoms with E-state index in [0.29, 0.717) is 0 Å². The highest BCUT2D eigenvalue weighted by atomic mass is 19.1. The molecule has 1 aliphatic heterocycles. The summed E-state index contributed by atoms with van der Waals surface area (Å²) in [5.41, 5.74) is -4.14. The molecular formula is C27H29FO12. The lowest BCUT2D eigenvalue weighted by molar-refractivity contribution is -0.296. The van der Waals surface area contributed by atoms with Gasteiger partial charge < -0.3 is 50.0 Å². The Morgan fingerprint density at radius 3 is 2.42 bits per heavy atom. The van der Waals surface area contributed by atoms with Gasteiger partial charge >= 0.3 is 0 Å². The quantitative estimate of drug-likeness (QED) is 0.201. The molecule has 216 valence electrons. The number of rotatable bonds is 5. The number of fused-ring (bicyclic) bond motifs is 3. The summed E-state index contributed by atoms with van der Waals surface area (Å²) in [5, 5.41) is 74.1. The van der Waals surface area contributed by atoms with Crippen LogP contribution in [0.4, 0.5) is 4.39 Å². The molecule has 0 bridgehead atoms. The van der Waals surface area contributed by atoms with Crippen LogP contribution >= 0.6 is 0 Å². The van der Waals surface area contributed by atoms with Gasteiger partial charge in [0.25, 0.3) is 0 Å². The molecule has 13 heteroatoms. The third kappa shape index (κ3) is 4.08. The minimum Gasteiger partial charge on any atom is -0.507 e. The average molecular weight is 565 g/mol. The van der Waals surface area contributed by atoms with Gasteiger partial charge in [0.2, 0.25) is 5.78 Å². The zero-order valence-electron chi connectivity index (χ0n) is 21.4. The number of carbonyl (C=O) groups excluding carboxylic acids is 2. The van der Waals surface area contributed by atoms with Crippen LogP contribution in [0.1, 0.15) is 62.4 Å². The van der Waals surface area contributed by atoms with E-state index in [9.17, 15) is 49.7 Å². The van der Waals surface area contributed by atoms with E-state index >= 15 is 0 Å². The number of alkyl halides is 1. The molecule has 1 saturated heterocycles. The van der Waals surface area contributed by atoms with Crippen molar-refractivity contribution in [2.45, 2.75) is 68.3 Å². The number of phenols is 2. The van der Waals surface area contributed by atoms with Gasteiger partial charge in [0.15, 0.2) is 18.2 Å². The third-order valence-electron chi connectivity index (χ3n) is 7.96. The molecule has 3 aliphatic rings. The summed E-state index contributed by atoms with van der Waals surface area (Å²) in [6.07, 6.45) is -13.3. The molecule has 2 aromatic rings. The molecule has 1 heterocycles. The highest BCUT2D eigenvalue weighted by Gasteiger charge is 2.51. The van der Waals surface area contributed by atoms with Crippen molar-refractivity contribution in [1.29, 1.82) is 0 Å². The highest BCUT2D eigenvalue weighted by Crippen LogP contribution is 2.53. The Morgan fingerprint density at radius 2 is 1.77 bits per heavy atom. The lowest BCUT2D eigenvalue weighted by Gasteiger charge is -2.44. The number of aliphatic hydroxyl groups is 5. The van der Waals surface area contributed by atoms with Crippen molar-refractivity contribution in [2.24, 2.45) is 0 Å². The number of benzene rings is 2. The fourth-order valence-corrected chi connectivity index (χ4v) is 5.75. The van der Waals surface area contributed by atoms with Crippen LogP contribution in [0, 0.1) is 0 Å². The molecule has 7 N–H and O–H groups in total. The molecule has 0 amide bonds. The summed E-state index contributed by atoms with van der Waals surface area (Å²) in [5.74, 6) is -3.20. The number of hydrogen-bond donors (Lipinski definition) is 7. The molecule has 40 heavy (non-hydrogen) atoms. The minimum absolute atomic E-state index is 0.0452. The molecular weight excluding hydrogens is 535 g/mol. The molecule has 8 atom stereocenters. The second-order valence-electron chi connectivity index (χ2n) is 10.3. The maximum absolute atomic E-state index is 15.0. The number of hydrogen-bond acceptors (Lipinski definition) is 12. The fraction of sp³-hybridized carbons (Fsp3) is 0.481. The van der Waals surface area contributed by atoms with Crippen molar-refractivity contribution in [1.82, 2.24) is 0 Å². The molecule has 5 rings (SSSR count). The number of aliphatic hydroxyl groups excluding tert-OH is 4. The fourth-order valence-electron chi connectivity index (χ4n) is 5.75. The van der Waals surface area contributed by atoms with Crippen LogP contribution in [0.3, 0.4) is 0 Å². The van der Waals surface area contributed by atoms with Crippen molar-refractivity contribution >= 4 is 11.6 Å².